The van der Waals surface area contributed by atoms with Crippen molar-refractivity contribution in [3.05, 3.63) is 71.5 Å². The molecule has 16 nitrogen and oxygen atoms in total. The topological polar surface area (TPSA) is 198 Å². The maximum absolute atomic E-state index is 14.7. The number of aromatic hydroxyl groups is 1. The number of hydrogen-bond acceptors (Lipinski definition) is 11. The standard InChI is InChI=1S/C49H64N8O8/c1-9-56-41-13-12-31-23-35(41)36(44(56)37-25-50-16-14-32(37)27-64-8)24-49(4,5)28-65-48(63)38-11-10-17-57(53-38)47(62)39(21-30-19-33(31)22-34(58)20-30)52-45(60)43(29(2)3)55(7)42(59)15-18-54(6)46(61)40-26-51-40/h12-14,16,19-20,22-23,25,29,38-40,43,51,53,58H,9-11,15,17-18,21,24,26-28H2,1-8H3,(H,52,60)/t38-,39-,40+,43-/m0/s1. The molecule has 348 valence electrons. The van der Waals surface area contributed by atoms with Crippen molar-refractivity contribution < 1.29 is 38.6 Å². The number of pyridine rings is 1. The van der Waals surface area contributed by atoms with Gasteiger partial charge in [-0.15, -0.1) is 0 Å². The molecule has 0 saturated carbocycles. The number of hydrogen-bond donors (Lipinski definition) is 4. The fourth-order valence-electron chi connectivity index (χ4n) is 9.32. The number of carbonyl (C=O) groups excluding carboxylic acids is 5. The molecule has 2 aromatic heterocycles. The molecule has 0 unspecified atom stereocenters. The first-order chi connectivity index (χ1) is 31.0. The maximum atomic E-state index is 14.7. The molecule has 0 spiro atoms. The Morgan fingerprint density at radius 2 is 1.86 bits per heavy atom. The number of amides is 4. The van der Waals surface area contributed by atoms with Crippen molar-refractivity contribution in [1.82, 2.24) is 40.4 Å². The van der Waals surface area contributed by atoms with Crippen molar-refractivity contribution in [2.45, 2.75) is 104 Å². The summed E-state index contributed by atoms with van der Waals surface area (Å²) in [7, 11) is 4.88. The third kappa shape index (κ3) is 10.5. The summed E-state index contributed by atoms with van der Waals surface area (Å²) in [6.07, 6.45) is 5.14. The van der Waals surface area contributed by atoms with Crippen LogP contribution in [0.3, 0.4) is 0 Å². The number of nitrogens with one attached hydrogen (secondary N) is 3. The van der Waals surface area contributed by atoms with Crippen LogP contribution in [0, 0.1) is 11.3 Å². The minimum absolute atomic E-state index is 0.00875. The molecule has 4 aromatic rings. The van der Waals surface area contributed by atoms with Gasteiger partial charge in [-0.1, -0.05) is 39.8 Å². The van der Waals surface area contributed by atoms with Crippen LogP contribution < -0.4 is 16.1 Å². The van der Waals surface area contributed by atoms with Gasteiger partial charge in [0, 0.05) is 94.5 Å². The fourth-order valence-corrected chi connectivity index (χ4v) is 9.32. The Hall–Kier alpha value is -5.84. The van der Waals surface area contributed by atoms with E-state index in [9.17, 15) is 29.1 Å². The third-order valence-corrected chi connectivity index (χ3v) is 12.8. The van der Waals surface area contributed by atoms with E-state index < -0.39 is 41.3 Å². The molecule has 2 saturated heterocycles. The number of ether oxygens (including phenoxy) is 2. The highest BCUT2D eigenvalue weighted by molar-refractivity contribution is 5.96. The van der Waals surface area contributed by atoms with Crippen molar-refractivity contribution >= 4 is 40.5 Å². The van der Waals surface area contributed by atoms with Crippen molar-refractivity contribution in [3.8, 4) is 28.1 Å². The summed E-state index contributed by atoms with van der Waals surface area (Å²) in [5.41, 5.74) is 9.72. The van der Waals surface area contributed by atoms with Gasteiger partial charge in [-0.2, -0.15) is 0 Å². The Morgan fingerprint density at radius 1 is 1.09 bits per heavy atom. The first-order valence-electron chi connectivity index (χ1n) is 22.7. The summed E-state index contributed by atoms with van der Waals surface area (Å²) in [4.78, 5) is 76.4. The number of phenols is 1. The Balaban J connectivity index is 1.28. The second-order valence-corrected chi connectivity index (χ2v) is 18.8. The highest BCUT2D eigenvalue weighted by Crippen LogP contribution is 2.41. The Kier molecular flexibility index (Phi) is 14.3. The van der Waals surface area contributed by atoms with Crippen LogP contribution in [0.4, 0.5) is 0 Å². The SMILES string of the molecule is CCn1c(-c2cnccc2COC)c2c3cc(ccc31)-c1cc(O)cc(c1)C[C@H](NC(=O)[C@H](C(C)C)N(C)C(=O)CCN(C)C(=O)[C@H]1CN1)C(=O)N1CCC[C@H](N1)C(=O)OCC(C)(C)C2. The minimum atomic E-state index is -1.16. The minimum Gasteiger partial charge on any atom is -0.508 e. The number of phenolic OH excluding ortho intramolecular Hbond substituents is 1. The fraction of sp³-hybridized carbons (Fsp3) is 0.510. The van der Waals surface area contributed by atoms with Crippen LogP contribution in [0.1, 0.15) is 70.6 Å². The van der Waals surface area contributed by atoms with Gasteiger partial charge in [0.05, 0.1) is 24.9 Å². The van der Waals surface area contributed by atoms with E-state index in [1.54, 1.807) is 39.5 Å². The van der Waals surface area contributed by atoms with Crippen LogP contribution in [0.5, 0.6) is 5.75 Å². The molecule has 2 aromatic carbocycles. The van der Waals surface area contributed by atoms with Crippen LogP contribution in [-0.4, -0.2) is 131 Å². The number of esters is 1. The molecule has 7 rings (SSSR count). The number of likely N-dealkylation sites (N-methyl/N-ethyl adjacent to an activating group) is 2. The zero-order valence-corrected chi connectivity index (χ0v) is 38.9. The zero-order valence-electron chi connectivity index (χ0n) is 38.9. The number of aromatic nitrogens is 2. The largest absolute Gasteiger partial charge is 0.508 e. The second kappa shape index (κ2) is 19.7. The van der Waals surface area contributed by atoms with Crippen LogP contribution >= 0.6 is 0 Å². The van der Waals surface area contributed by atoms with E-state index in [1.807, 2.05) is 38.2 Å². The Bertz CT molecular complexity index is 2440. The van der Waals surface area contributed by atoms with Crippen LogP contribution in [0.2, 0.25) is 0 Å². The van der Waals surface area contributed by atoms with Crippen LogP contribution in [-0.2, 0) is 59.4 Å². The molecule has 16 heteroatoms. The second-order valence-electron chi connectivity index (χ2n) is 18.8. The van der Waals surface area contributed by atoms with E-state index in [0.717, 1.165) is 44.4 Å². The monoisotopic (exact) mass is 892 g/mol. The summed E-state index contributed by atoms with van der Waals surface area (Å²) < 4.78 is 14.0. The van der Waals surface area contributed by atoms with Crippen LogP contribution in [0.25, 0.3) is 33.3 Å². The number of methoxy groups -OCH3 is 1. The lowest BCUT2D eigenvalue weighted by atomic mass is 9.84. The molecule has 6 bridgehead atoms. The number of hydrazine groups is 1. The number of benzene rings is 2. The van der Waals surface area contributed by atoms with Crippen molar-refractivity contribution in [2.24, 2.45) is 11.3 Å². The van der Waals surface area contributed by atoms with Crippen molar-refractivity contribution in [1.29, 1.82) is 0 Å². The van der Waals surface area contributed by atoms with E-state index >= 15 is 0 Å². The number of aryl methyl sites for hydroxylation is 1. The van der Waals surface area contributed by atoms with E-state index in [2.05, 4.69) is 58.5 Å². The molecule has 0 aliphatic carbocycles. The normalized spacial score (nSPS) is 20.2. The highest BCUT2D eigenvalue weighted by Gasteiger charge is 2.38. The van der Waals surface area contributed by atoms with Gasteiger partial charge in [0.1, 0.15) is 23.9 Å². The molecular formula is C49H64N8O8. The molecule has 4 atom stereocenters. The maximum Gasteiger partial charge on any atom is 0.324 e. The summed E-state index contributed by atoms with van der Waals surface area (Å²) in [6, 6.07) is 10.2. The number of fused-ring (bicyclic) bond motifs is 6. The lowest BCUT2D eigenvalue weighted by molar-refractivity contribution is -0.155. The van der Waals surface area contributed by atoms with Gasteiger partial charge in [0.25, 0.3) is 5.91 Å². The summed E-state index contributed by atoms with van der Waals surface area (Å²) in [5, 5.41) is 19.6. The van der Waals surface area contributed by atoms with E-state index in [4.69, 9.17) is 9.47 Å². The molecule has 3 aliphatic rings. The van der Waals surface area contributed by atoms with Gasteiger partial charge in [0.2, 0.25) is 17.7 Å². The van der Waals surface area contributed by atoms with Gasteiger partial charge < -0.3 is 39.6 Å². The third-order valence-electron chi connectivity index (χ3n) is 12.8. The van der Waals surface area contributed by atoms with Gasteiger partial charge in [-0.3, -0.25) is 34.0 Å². The highest BCUT2D eigenvalue weighted by atomic mass is 16.5. The summed E-state index contributed by atoms with van der Waals surface area (Å²) >= 11 is 0. The molecule has 5 heterocycles. The first kappa shape index (κ1) is 47.1. The molecule has 65 heavy (non-hydrogen) atoms. The lowest BCUT2D eigenvalue weighted by Crippen LogP contribution is -2.62. The first-order valence-corrected chi connectivity index (χ1v) is 22.7. The number of rotatable bonds is 12. The molecule has 4 N–H and O–H groups in total. The van der Waals surface area contributed by atoms with Crippen LogP contribution in [0.15, 0.2) is 54.9 Å². The number of carbonyl (C=O) groups is 5. The molecule has 2 fully saturated rings. The number of nitrogens with zero attached hydrogens (tertiary/aromatic N) is 5. The average Bonchev–Trinajstić information content (AvgIpc) is 4.09. The molecule has 0 radical (unpaired) electrons. The quantitative estimate of drug-likeness (QED) is 0.118. The predicted octanol–water partition coefficient (Wildman–Crippen LogP) is 4.19. The van der Waals surface area contributed by atoms with Gasteiger partial charge >= 0.3 is 5.97 Å². The zero-order chi connectivity index (χ0) is 46.7. The van der Waals surface area contributed by atoms with Gasteiger partial charge in [0.15, 0.2) is 0 Å². The van der Waals surface area contributed by atoms with E-state index in [1.165, 1.54) is 14.8 Å². The summed E-state index contributed by atoms with van der Waals surface area (Å²) in [6.45, 7) is 12.2. The summed E-state index contributed by atoms with van der Waals surface area (Å²) in [5.74, 6) is -2.26. The molecule has 3 aliphatic heterocycles. The van der Waals surface area contributed by atoms with Crippen molar-refractivity contribution in [2.75, 3.05) is 47.4 Å². The van der Waals surface area contributed by atoms with Gasteiger partial charge in [-0.25, -0.2) is 5.43 Å². The average molecular weight is 893 g/mol. The molecule has 4 amide bonds. The smallest absolute Gasteiger partial charge is 0.324 e. The lowest BCUT2D eigenvalue weighted by Gasteiger charge is -2.37. The van der Waals surface area contributed by atoms with E-state index in [-0.39, 0.29) is 62.1 Å². The Labute approximate surface area is 381 Å². The Morgan fingerprint density at radius 3 is 2.57 bits per heavy atom. The predicted molar refractivity (Wildman–Crippen MR) is 246 cm³/mol. The molecular weight excluding hydrogens is 829 g/mol. The number of cyclic esters (lactones) is 1. The van der Waals surface area contributed by atoms with E-state index in [0.29, 0.717) is 44.5 Å². The van der Waals surface area contributed by atoms with Crippen molar-refractivity contribution in [3.63, 3.8) is 0 Å². The van der Waals surface area contributed by atoms with Gasteiger partial charge in [-0.05, 0) is 90.3 Å².